The molecular formula is C28H30N2O5. The number of carbonyl (C=O) groups excluding carboxylic acids is 1. The van der Waals surface area contributed by atoms with Crippen LogP contribution in [0.5, 0.6) is 17.2 Å². The van der Waals surface area contributed by atoms with Crippen LogP contribution in [0.15, 0.2) is 60.8 Å². The number of hydrogen-bond acceptors (Lipinski definition) is 5. The second kappa shape index (κ2) is 10.5. The summed E-state index contributed by atoms with van der Waals surface area (Å²) >= 11 is 0. The number of para-hydroxylation sites is 1. The highest BCUT2D eigenvalue weighted by Crippen LogP contribution is 2.41. The van der Waals surface area contributed by atoms with Crippen LogP contribution in [0, 0.1) is 6.92 Å². The molecule has 35 heavy (non-hydrogen) atoms. The first-order valence-corrected chi connectivity index (χ1v) is 11.4. The molecule has 182 valence electrons. The molecule has 0 saturated heterocycles. The Balaban J connectivity index is 1.54. The Kier molecular flexibility index (Phi) is 7.27. The van der Waals surface area contributed by atoms with Gasteiger partial charge in [-0.25, -0.2) is 0 Å². The highest BCUT2D eigenvalue weighted by molar-refractivity contribution is 5.95. The Morgan fingerprint density at radius 1 is 1.00 bits per heavy atom. The summed E-state index contributed by atoms with van der Waals surface area (Å²) < 4.78 is 16.4. The molecular weight excluding hydrogens is 444 g/mol. The SMILES string of the molecule is COc1cc(-c2ccc(C(=O)N[C@@H](CO)Cc3c[nH]c4ccccc34)cc2C)cc(OC)c1OC. The number of aromatic amines is 1. The van der Waals surface area contributed by atoms with Gasteiger partial charge in [-0.1, -0.05) is 24.3 Å². The summed E-state index contributed by atoms with van der Waals surface area (Å²) in [5.74, 6) is 1.42. The number of nitrogens with one attached hydrogen (secondary N) is 2. The van der Waals surface area contributed by atoms with Gasteiger partial charge in [-0.3, -0.25) is 4.79 Å². The van der Waals surface area contributed by atoms with E-state index in [-0.39, 0.29) is 12.5 Å². The van der Waals surface area contributed by atoms with E-state index >= 15 is 0 Å². The van der Waals surface area contributed by atoms with Gasteiger partial charge in [0.1, 0.15) is 0 Å². The summed E-state index contributed by atoms with van der Waals surface area (Å²) in [6.07, 6.45) is 2.45. The average Bonchev–Trinajstić information content (AvgIpc) is 3.29. The van der Waals surface area contributed by atoms with Crippen LogP contribution >= 0.6 is 0 Å². The quantitative estimate of drug-likeness (QED) is 0.332. The lowest BCUT2D eigenvalue weighted by atomic mass is 9.97. The first kappa shape index (κ1) is 24.2. The van der Waals surface area contributed by atoms with Crippen molar-refractivity contribution in [3.05, 3.63) is 77.5 Å². The number of H-pyrrole nitrogens is 1. The minimum absolute atomic E-state index is 0.159. The number of carbonyl (C=O) groups is 1. The summed E-state index contributed by atoms with van der Waals surface area (Å²) in [6, 6.07) is 16.9. The van der Waals surface area contributed by atoms with Gasteiger partial charge in [-0.05, 0) is 65.9 Å². The maximum absolute atomic E-state index is 13.0. The predicted molar refractivity (Wildman–Crippen MR) is 137 cm³/mol. The molecule has 0 aliphatic rings. The summed E-state index contributed by atoms with van der Waals surface area (Å²) in [5.41, 5.74) is 5.35. The van der Waals surface area contributed by atoms with E-state index in [1.165, 1.54) is 0 Å². The predicted octanol–water partition coefficient (Wildman–Crippen LogP) is 4.50. The van der Waals surface area contributed by atoms with Crippen molar-refractivity contribution in [1.82, 2.24) is 10.3 Å². The Morgan fingerprint density at radius 2 is 1.71 bits per heavy atom. The molecule has 0 aliphatic heterocycles. The zero-order chi connectivity index (χ0) is 24.9. The fourth-order valence-electron chi connectivity index (χ4n) is 4.36. The lowest BCUT2D eigenvalue weighted by Crippen LogP contribution is -2.39. The van der Waals surface area contributed by atoms with Crippen molar-refractivity contribution < 1.29 is 24.1 Å². The van der Waals surface area contributed by atoms with Crippen molar-refractivity contribution in [2.24, 2.45) is 0 Å². The Hall–Kier alpha value is -3.97. The number of fused-ring (bicyclic) bond motifs is 1. The number of amides is 1. The van der Waals surface area contributed by atoms with Crippen LogP contribution in [0.3, 0.4) is 0 Å². The number of aliphatic hydroxyl groups is 1. The van der Waals surface area contributed by atoms with Crippen molar-refractivity contribution in [2.75, 3.05) is 27.9 Å². The van der Waals surface area contributed by atoms with Crippen LogP contribution in [0.2, 0.25) is 0 Å². The third-order valence-corrected chi connectivity index (χ3v) is 6.16. The minimum atomic E-state index is -0.406. The summed E-state index contributed by atoms with van der Waals surface area (Å²) in [5, 5.41) is 14.0. The van der Waals surface area contributed by atoms with E-state index in [1.807, 2.05) is 61.7 Å². The molecule has 0 bridgehead atoms. The van der Waals surface area contributed by atoms with Gasteiger partial charge in [0.05, 0.1) is 34.0 Å². The van der Waals surface area contributed by atoms with Crippen LogP contribution in [0.1, 0.15) is 21.5 Å². The lowest BCUT2D eigenvalue weighted by molar-refractivity contribution is 0.0916. The number of aromatic nitrogens is 1. The lowest BCUT2D eigenvalue weighted by Gasteiger charge is -2.18. The number of aryl methyl sites for hydroxylation is 1. The van der Waals surface area contributed by atoms with Gasteiger partial charge in [0.2, 0.25) is 5.75 Å². The number of benzene rings is 3. The Bertz CT molecular complexity index is 1320. The first-order chi connectivity index (χ1) is 17.0. The van der Waals surface area contributed by atoms with Gasteiger partial charge < -0.3 is 29.6 Å². The number of methoxy groups -OCH3 is 3. The number of hydrogen-bond donors (Lipinski definition) is 3. The first-order valence-electron chi connectivity index (χ1n) is 11.4. The van der Waals surface area contributed by atoms with Crippen LogP contribution in [0.25, 0.3) is 22.0 Å². The van der Waals surface area contributed by atoms with E-state index in [0.29, 0.717) is 29.2 Å². The maximum Gasteiger partial charge on any atom is 0.251 e. The second-order valence-corrected chi connectivity index (χ2v) is 8.36. The molecule has 3 N–H and O–H groups in total. The molecule has 0 spiro atoms. The number of ether oxygens (including phenoxy) is 3. The smallest absolute Gasteiger partial charge is 0.251 e. The summed E-state index contributed by atoms with van der Waals surface area (Å²) in [6.45, 7) is 1.79. The normalized spacial score (nSPS) is 11.8. The average molecular weight is 475 g/mol. The van der Waals surface area contributed by atoms with Crippen LogP contribution in [-0.2, 0) is 6.42 Å². The van der Waals surface area contributed by atoms with Crippen molar-refractivity contribution >= 4 is 16.8 Å². The molecule has 7 nitrogen and oxygen atoms in total. The van der Waals surface area contributed by atoms with Gasteiger partial charge >= 0.3 is 0 Å². The molecule has 0 aliphatic carbocycles. The molecule has 0 saturated carbocycles. The molecule has 1 heterocycles. The monoisotopic (exact) mass is 474 g/mol. The van der Waals surface area contributed by atoms with Crippen molar-refractivity contribution in [3.8, 4) is 28.4 Å². The molecule has 0 radical (unpaired) electrons. The highest BCUT2D eigenvalue weighted by atomic mass is 16.5. The van der Waals surface area contributed by atoms with Gasteiger partial charge in [-0.15, -0.1) is 0 Å². The highest BCUT2D eigenvalue weighted by Gasteiger charge is 2.18. The largest absolute Gasteiger partial charge is 0.493 e. The minimum Gasteiger partial charge on any atom is -0.493 e. The summed E-state index contributed by atoms with van der Waals surface area (Å²) in [4.78, 5) is 16.2. The van der Waals surface area contributed by atoms with E-state index in [2.05, 4.69) is 10.3 Å². The van der Waals surface area contributed by atoms with E-state index in [0.717, 1.165) is 33.2 Å². The zero-order valence-electron chi connectivity index (χ0n) is 20.3. The molecule has 4 rings (SSSR count). The van der Waals surface area contributed by atoms with E-state index in [4.69, 9.17) is 14.2 Å². The van der Waals surface area contributed by atoms with Gasteiger partial charge in [0, 0.05) is 22.7 Å². The maximum atomic E-state index is 13.0. The third-order valence-electron chi connectivity index (χ3n) is 6.16. The standard InChI is InChI=1S/C28H30N2O5/c1-17-11-18(9-10-22(17)19-13-25(33-2)27(35-4)26(14-19)34-3)28(32)30-21(16-31)12-20-15-29-24-8-6-5-7-23(20)24/h5-11,13-15,21,29,31H,12,16H2,1-4H3,(H,30,32)/t21-/m1/s1. The zero-order valence-corrected chi connectivity index (χ0v) is 20.3. The van der Waals surface area contributed by atoms with Crippen LogP contribution in [0.4, 0.5) is 0 Å². The third kappa shape index (κ3) is 4.95. The van der Waals surface area contributed by atoms with Crippen LogP contribution < -0.4 is 19.5 Å². The molecule has 1 amide bonds. The van der Waals surface area contributed by atoms with E-state index in [1.54, 1.807) is 27.4 Å². The molecule has 0 unspecified atom stereocenters. The van der Waals surface area contributed by atoms with E-state index in [9.17, 15) is 9.90 Å². The molecule has 0 fully saturated rings. The van der Waals surface area contributed by atoms with Crippen molar-refractivity contribution in [3.63, 3.8) is 0 Å². The number of aliphatic hydroxyl groups excluding tert-OH is 1. The molecule has 4 aromatic rings. The summed E-state index contributed by atoms with van der Waals surface area (Å²) in [7, 11) is 4.72. The Morgan fingerprint density at radius 3 is 2.34 bits per heavy atom. The topological polar surface area (TPSA) is 92.8 Å². The second-order valence-electron chi connectivity index (χ2n) is 8.36. The fraction of sp³-hybridized carbons (Fsp3) is 0.250. The van der Waals surface area contributed by atoms with Gasteiger partial charge in [0.15, 0.2) is 11.5 Å². The molecule has 1 atom stereocenters. The molecule has 3 aromatic carbocycles. The fourth-order valence-corrected chi connectivity index (χ4v) is 4.36. The Labute approximate surface area is 204 Å². The molecule has 7 heteroatoms. The van der Waals surface area contributed by atoms with Crippen LogP contribution in [-0.4, -0.2) is 50.0 Å². The van der Waals surface area contributed by atoms with Gasteiger partial charge in [0.25, 0.3) is 5.91 Å². The van der Waals surface area contributed by atoms with E-state index < -0.39 is 6.04 Å². The van der Waals surface area contributed by atoms with Crippen molar-refractivity contribution in [1.29, 1.82) is 0 Å². The number of rotatable bonds is 9. The van der Waals surface area contributed by atoms with Gasteiger partial charge in [-0.2, -0.15) is 0 Å². The van der Waals surface area contributed by atoms with Crippen molar-refractivity contribution in [2.45, 2.75) is 19.4 Å². The molecule has 1 aromatic heterocycles.